The highest BCUT2D eigenvalue weighted by Crippen LogP contribution is 2.29. The zero-order valence-electron chi connectivity index (χ0n) is 15.6. The van der Waals surface area contributed by atoms with Gasteiger partial charge in [-0.15, -0.1) is 0 Å². The number of hydrogen-bond donors (Lipinski definition) is 1. The Hall–Kier alpha value is -2.98. The van der Waals surface area contributed by atoms with Crippen molar-refractivity contribution >= 4 is 28.5 Å². The van der Waals surface area contributed by atoms with E-state index in [4.69, 9.17) is 4.98 Å². The lowest BCUT2D eigenvalue weighted by molar-refractivity contribution is -0.905. The molecule has 2 heterocycles. The molecule has 0 radical (unpaired) electrons. The second-order valence-electron chi connectivity index (χ2n) is 7.16. The van der Waals surface area contributed by atoms with Crippen LogP contribution in [0, 0.1) is 6.92 Å². The number of aromatic carboxylic acids is 1. The number of aromatic nitrogens is 1. The summed E-state index contributed by atoms with van der Waals surface area (Å²) in [5.41, 5.74) is 5.96. The van der Waals surface area contributed by atoms with Crippen molar-refractivity contribution in [3.05, 3.63) is 76.5 Å². The van der Waals surface area contributed by atoms with Crippen molar-refractivity contribution in [3.8, 4) is 0 Å². The van der Waals surface area contributed by atoms with Crippen molar-refractivity contribution in [2.75, 3.05) is 13.1 Å². The molecule has 136 valence electrons. The lowest BCUT2D eigenvalue weighted by Gasteiger charge is -2.29. The first kappa shape index (κ1) is 17.4. The van der Waals surface area contributed by atoms with E-state index in [2.05, 4.69) is 44.2 Å². The Morgan fingerprint density at radius 1 is 1.15 bits per heavy atom. The van der Waals surface area contributed by atoms with Crippen LogP contribution < -0.4 is 10.0 Å². The van der Waals surface area contributed by atoms with Gasteiger partial charge in [0.05, 0.1) is 23.7 Å². The molecule has 0 spiro atoms. The zero-order valence-corrected chi connectivity index (χ0v) is 15.6. The fourth-order valence-corrected chi connectivity index (χ4v) is 3.82. The number of carbonyl (C=O) groups is 1. The van der Waals surface area contributed by atoms with E-state index in [-0.39, 0.29) is 5.56 Å². The molecule has 0 aliphatic carbocycles. The van der Waals surface area contributed by atoms with Crippen LogP contribution in [0.5, 0.6) is 0 Å². The first-order valence-electron chi connectivity index (χ1n) is 9.31. The van der Waals surface area contributed by atoms with Gasteiger partial charge < -0.3 is 14.8 Å². The monoisotopic (exact) mass is 358 g/mol. The van der Waals surface area contributed by atoms with Gasteiger partial charge in [0.15, 0.2) is 0 Å². The predicted octanol–water partition coefficient (Wildman–Crippen LogP) is 1.87. The summed E-state index contributed by atoms with van der Waals surface area (Å²) in [5.74, 6) is -1.13. The van der Waals surface area contributed by atoms with Crippen LogP contribution in [0.15, 0.2) is 48.5 Å². The molecule has 27 heavy (non-hydrogen) atoms. The maximum absolute atomic E-state index is 12.0. The standard InChI is InChI=1S/C23H22N2O2/c1-3-25-13-17(12-16-10-8-15(2)9-11-16)22-19(14-25)21(23(26)27)18-6-4-5-7-20(18)24-22/h4-12H,3,13-14H2,1-2H3,(H,26,27)/b17-12+. The van der Waals surface area contributed by atoms with E-state index in [0.717, 1.165) is 35.5 Å². The average Bonchev–Trinajstić information content (AvgIpc) is 2.67. The molecule has 4 heteroatoms. The minimum atomic E-state index is -1.13. The number of aryl methyl sites for hydroxylation is 1. The SMILES string of the molecule is CC[NH+]1C/C(=C\c2ccc(C)cc2)c2nc3ccccc3c(C(=O)[O-])c2C1. The highest BCUT2D eigenvalue weighted by molar-refractivity contribution is 6.05. The van der Waals surface area contributed by atoms with Gasteiger partial charge in [-0.1, -0.05) is 48.0 Å². The summed E-state index contributed by atoms with van der Waals surface area (Å²) in [4.78, 5) is 18.2. The minimum absolute atomic E-state index is 0.288. The van der Waals surface area contributed by atoms with Crippen molar-refractivity contribution in [3.63, 3.8) is 0 Å². The molecule has 0 saturated heterocycles. The Morgan fingerprint density at radius 3 is 2.59 bits per heavy atom. The van der Waals surface area contributed by atoms with E-state index in [1.807, 2.05) is 24.3 Å². The third-order valence-corrected chi connectivity index (χ3v) is 5.29. The van der Waals surface area contributed by atoms with Crippen molar-refractivity contribution in [1.82, 2.24) is 4.98 Å². The molecule has 2 aromatic carbocycles. The van der Waals surface area contributed by atoms with Gasteiger partial charge in [0.2, 0.25) is 0 Å². The Bertz CT molecular complexity index is 1050. The van der Waals surface area contributed by atoms with Gasteiger partial charge in [0.1, 0.15) is 13.1 Å². The molecule has 1 unspecified atom stereocenters. The summed E-state index contributed by atoms with van der Waals surface area (Å²) in [7, 11) is 0. The number of hydrogen-bond acceptors (Lipinski definition) is 3. The third kappa shape index (κ3) is 3.24. The molecule has 4 nitrogen and oxygen atoms in total. The lowest BCUT2D eigenvalue weighted by atomic mass is 9.92. The van der Waals surface area contributed by atoms with Crippen molar-refractivity contribution < 1.29 is 14.8 Å². The van der Waals surface area contributed by atoms with Crippen LogP contribution in [-0.2, 0) is 6.54 Å². The summed E-state index contributed by atoms with van der Waals surface area (Å²) >= 11 is 0. The summed E-state index contributed by atoms with van der Waals surface area (Å²) < 4.78 is 0. The molecule has 0 saturated carbocycles. The Kier molecular flexibility index (Phi) is 4.50. The number of carboxylic acids is 1. The molecule has 1 aliphatic heterocycles. The number of carbonyl (C=O) groups excluding carboxylic acids is 1. The lowest BCUT2D eigenvalue weighted by Crippen LogP contribution is -3.11. The van der Waals surface area contributed by atoms with Crippen molar-refractivity contribution in [2.24, 2.45) is 0 Å². The molecule has 0 bridgehead atoms. The number of para-hydroxylation sites is 1. The van der Waals surface area contributed by atoms with Crippen LogP contribution >= 0.6 is 0 Å². The van der Waals surface area contributed by atoms with Crippen LogP contribution in [0.3, 0.4) is 0 Å². The number of rotatable bonds is 3. The summed E-state index contributed by atoms with van der Waals surface area (Å²) in [6.07, 6.45) is 2.13. The maximum atomic E-state index is 12.0. The van der Waals surface area contributed by atoms with Crippen molar-refractivity contribution in [1.29, 1.82) is 0 Å². The number of benzene rings is 2. The minimum Gasteiger partial charge on any atom is -0.545 e. The summed E-state index contributed by atoms with van der Waals surface area (Å²) in [6, 6.07) is 15.8. The summed E-state index contributed by atoms with van der Waals surface area (Å²) in [5, 5.41) is 12.7. The van der Waals surface area contributed by atoms with Gasteiger partial charge in [-0.25, -0.2) is 4.98 Å². The smallest absolute Gasteiger partial charge is 0.106 e. The highest BCUT2D eigenvalue weighted by atomic mass is 16.4. The van der Waals surface area contributed by atoms with E-state index in [0.29, 0.717) is 17.4 Å². The normalized spacial score (nSPS) is 17.9. The van der Waals surface area contributed by atoms with Crippen LogP contribution in [0.25, 0.3) is 22.6 Å². The van der Waals surface area contributed by atoms with Gasteiger partial charge >= 0.3 is 0 Å². The predicted molar refractivity (Wildman–Crippen MR) is 105 cm³/mol. The second kappa shape index (κ2) is 6.97. The van der Waals surface area contributed by atoms with Crippen LogP contribution in [0.1, 0.15) is 39.7 Å². The molecule has 1 aliphatic rings. The van der Waals surface area contributed by atoms with Gasteiger partial charge in [0.25, 0.3) is 0 Å². The molecule has 3 aromatic rings. The van der Waals surface area contributed by atoms with Crippen LogP contribution in [-0.4, -0.2) is 24.0 Å². The van der Waals surface area contributed by atoms with Gasteiger partial charge in [0, 0.05) is 22.1 Å². The number of fused-ring (bicyclic) bond motifs is 2. The zero-order chi connectivity index (χ0) is 19.0. The fraction of sp³-hybridized carbons (Fsp3) is 0.217. The second-order valence-corrected chi connectivity index (χ2v) is 7.16. The first-order valence-corrected chi connectivity index (χ1v) is 9.31. The Morgan fingerprint density at radius 2 is 1.89 bits per heavy atom. The Labute approximate surface area is 158 Å². The van der Waals surface area contributed by atoms with E-state index >= 15 is 0 Å². The number of pyridine rings is 1. The van der Waals surface area contributed by atoms with Gasteiger partial charge in [-0.2, -0.15) is 0 Å². The maximum Gasteiger partial charge on any atom is 0.106 e. The molecule has 0 fully saturated rings. The number of quaternary nitrogens is 1. The van der Waals surface area contributed by atoms with E-state index in [1.54, 1.807) is 0 Å². The average molecular weight is 358 g/mol. The number of nitrogens with zero attached hydrogens (tertiary/aromatic N) is 1. The molecule has 1 aromatic heterocycles. The molecular weight excluding hydrogens is 336 g/mol. The van der Waals surface area contributed by atoms with Crippen LogP contribution in [0.4, 0.5) is 0 Å². The van der Waals surface area contributed by atoms with Gasteiger partial charge in [-0.05, 0) is 31.6 Å². The Balaban J connectivity index is 1.97. The largest absolute Gasteiger partial charge is 0.545 e. The first-order chi connectivity index (χ1) is 13.1. The molecule has 4 rings (SSSR count). The van der Waals surface area contributed by atoms with Crippen molar-refractivity contribution in [2.45, 2.75) is 20.4 Å². The molecule has 1 N–H and O–H groups in total. The molecule has 0 amide bonds. The quantitative estimate of drug-likeness (QED) is 0.778. The highest BCUT2D eigenvalue weighted by Gasteiger charge is 2.28. The topological polar surface area (TPSA) is 57.5 Å². The number of likely N-dealkylation sites (N-methyl/N-ethyl adjacent to an activating group) is 1. The number of nitrogens with one attached hydrogen (secondary N) is 1. The third-order valence-electron chi connectivity index (χ3n) is 5.29. The van der Waals surface area contributed by atoms with E-state index < -0.39 is 5.97 Å². The molecule has 1 atom stereocenters. The fourth-order valence-electron chi connectivity index (χ4n) is 3.82. The van der Waals surface area contributed by atoms with E-state index in [9.17, 15) is 9.90 Å². The number of carboxylic acid groups (broad SMARTS) is 1. The molecular formula is C23H22N2O2. The van der Waals surface area contributed by atoms with Gasteiger partial charge in [-0.3, -0.25) is 0 Å². The van der Waals surface area contributed by atoms with E-state index in [1.165, 1.54) is 10.5 Å². The summed E-state index contributed by atoms with van der Waals surface area (Å²) in [6.45, 7) is 6.59. The van der Waals surface area contributed by atoms with Crippen LogP contribution in [0.2, 0.25) is 0 Å².